The van der Waals surface area contributed by atoms with Gasteiger partial charge in [-0.2, -0.15) is 0 Å². The third-order valence-electron chi connectivity index (χ3n) is 13.9. The number of nitrogens with zero attached hydrogens (tertiary/aromatic N) is 2. The van der Waals surface area contributed by atoms with Gasteiger partial charge in [0.2, 0.25) is 0 Å². The molecule has 0 radical (unpaired) electrons. The molecule has 0 atom stereocenters. The van der Waals surface area contributed by atoms with Crippen LogP contribution in [-0.4, -0.2) is 14.8 Å². The first-order valence-corrected chi connectivity index (χ1v) is 27.8. The molecule has 0 N–H and O–H groups in total. The number of hydrogen-bond acceptors (Lipinski definition) is 5. The molecule has 4 heterocycles. The predicted molar refractivity (Wildman–Crippen MR) is 289 cm³/mol. The fraction of sp³-hybridized carbons (Fsp3) is 0.254. The third-order valence-corrected chi connectivity index (χ3v) is 17.2. The molecular formula is C59H59BN2O2SSi. The largest absolute Gasteiger partial charge is 0.458 e. The number of hydrogen-bond donors (Lipinski definition) is 0. The summed E-state index contributed by atoms with van der Waals surface area (Å²) in [6.45, 7) is 27.9. The second-order valence-electron chi connectivity index (χ2n) is 22.7. The summed E-state index contributed by atoms with van der Waals surface area (Å²) in [6.07, 6.45) is 0. The Bertz CT molecular complexity index is 3330. The lowest BCUT2D eigenvalue weighted by molar-refractivity contribution is 0.488. The summed E-state index contributed by atoms with van der Waals surface area (Å²) in [5.74, 6) is 1.85. The van der Waals surface area contributed by atoms with Crippen molar-refractivity contribution in [1.82, 2.24) is 0 Å². The molecule has 2 aliphatic heterocycles. The number of fused-ring (bicyclic) bond motifs is 9. The number of para-hydroxylation sites is 1. The molecule has 4 nitrogen and oxygen atoms in total. The zero-order chi connectivity index (χ0) is 46.2. The molecule has 0 fully saturated rings. The smallest absolute Gasteiger partial charge is 0.268 e. The second kappa shape index (κ2) is 14.7. The summed E-state index contributed by atoms with van der Waals surface area (Å²) in [7, 11) is -1.87. The first kappa shape index (κ1) is 42.6. The lowest BCUT2D eigenvalue weighted by Crippen LogP contribution is -2.59. The van der Waals surface area contributed by atoms with Gasteiger partial charge in [-0.15, -0.1) is 11.3 Å². The minimum atomic E-state index is -1.87. The van der Waals surface area contributed by atoms with Crippen molar-refractivity contribution in [2.45, 2.75) is 98.2 Å². The zero-order valence-corrected chi connectivity index (χ0v) is 42.3. The number of rotatable bonds is 5. The summed E-state index contributed by atoms with van der Waals surface area (Å²) in [6, 6.07) is 52.3. The fourth-order valence-corrected chi connectivity index (χ4v) is 12.5. The van der Waals surface area contributed by atoms with Crippen molar-refractivity contribution in [3.63, 3.8) is 0 Å². The summed E-state index contributed by atoms with van der Waals surface area (Å²) in [5, 5.41) is 4.91. The maximum atomic E-state index is 7.35. The van der Waals surface area contributed by atoms with Crippen LogP contribution in [-0.2, 0) is 16.2 Å². The Kier molecular flexibility index (Phi) is 9.52. The van der Waals surface area contributed by atoms with E-state index in [2.05, 4.69) is 225 Å². The number of anilines is 6. The summed E-state index contributed by atoms with van der Waals surface area (Å²) >= 11 is 1.93. The average Bonchev–Trinajstić information content (AvgIpc) is 3.83. The van der Waals surface area contributed by atoms with Crippen molar-refractivity contribution in [2.75, 3.05) is 9.80 Å². The zero-order valence-electron chi connectivity index (χ0n) is 40.5. The van der Waals surface area contributed by atoms with E-state index in [-0.39, 0.29) is 23.0 Å². The van der Waals surface area contributed by atoms with Crippen molar-refractivity contribution in [3.05, 3.63) is 156 Å². The van der Waals surface area contributed by atoms with Crippen molar-refractivity contribution >= 4 is 113 Å². The minimum absolute atomic E-state index is 0.0144. The number of furan rings is 1. The van der Waals surface area contributed by atoms with Crippen LogP contribution in [0, 0.1) is 0 Å². The molecule has 11 rings (SSSR count). The summed E-state index contributed by atoms with van der Waals surface area (Å²) in [5.41, 5.74) is 15.1. The first-order valence-electron chi connectivity index (χ1n) is 23.5. The van der Waals surface area contributed by atoms with Crippen LogP contribution in [0.15, 0.2) is 144 Å². The quantitative estimate of drug-likeness (QED) is 0.161. The standard InChI is InChI=1S/C59H59BN2O2SSi/c1-57(2,3)36-17-22-39(23-18-36)61(40-24-19-37(20-25-40)58(4,5)6)41-27-29-47-51(33-41)64-52-35-43(66(10,11)12)34-48-54(52)60(47)56-55(46-31-38(59(7,8)9)21-30-53(46)65-56)62(48)42-26-28-45-44-15-13-14-16-49(44)63-50(45)32-42/h13-35H,1-12H3. The molecule has 0 amide bonds. The lowest BCUT2D eigenvalue weighted by atomic mass is 9.37. The highest BCUT2D eigenvalue weighted by atomic mass is 32.1. The van der Waals surface area contributed by atoms with Crippen LogP contribution in [0.4, 0.5) is 34.1 Å². The average molecular weight is 899 g/mol. The highest BCUT2D eigenvalue weighted by Crippen LogP contribution is 2.48. The van der Waals surface area contributed by atoms with E-state index in [0.29, 0.717) is 0 Å². The molecule has 66 heavy (non-hydrogen) atoms. The van der Waals surface area contributed by atoms with Crippen molar-refractivity contribution < 1.29 is 9.15 Å². The molecule has 330 valence electrons. The molecule has 0 saturated heterocycles. The van der Waals surface area contributed by atoms with Gasteiger partial charge in [0, 0.05) is 66.2 Å². The molecular weight excluding hydrogens is 840 g/mol. The second-order valence-corrected chi connectivity index (χ2v) is 28.9. The molecule has 7 aromatic carbocycles. The van der Waals surface area contributed by atoms with Gasteiger partial charge in [-0.3, -0.25) is 0 Å². The number of benzene rings is 7. The Morgan fingerprint density at radius 3 is 1.79 bits per heavy atom. The first-order chi connectivity index (χ1) is 31.2. The van der Waals surface area contributed by atoms with Crippen LogP contribution in [0.25, 0.3) is 32.0 Å². The molecule has 0 bridgehead atoms. The van der Waals surface area contributed by atoms with Crippen LogP contribution >= 0.6 is 11.3 Å². The molecule has 2 aromatic heterocycles. The third kappa shape index (κ3) is 7.00. The van der Waals surface area contributed by atoms with Gasteiger partial charge in [-0.25, -0.2) is 0 Å². The minimum Gasteiger partial charge on any atom is -0.458 e. The van der Waals surface area contributed by atoms with Crippen molar-refractivity contribution in [2.24, 2.45) is 0 Å². The molecule has 0 spiro atoms. The summed E-state index contributed by atoms with van der Waals surface area (Å²) in [4.78, 5) is 4.93. The molecule has 0 aliphatic carbocycles. The van der Waals surface area contributed by atoms with Gasteiger partial charge in [0.05, 0.1) is 13.8 Å². The van der Waals surface area contributed by atoms with E-state index in [1.54, 1.807) is 0 Å². The maximum Gasteiger partial charge on any atom is 0.268 e. The van der Waals surface area contributed by atoms with Crippen LogP contribution in [0.5, 0.6) is 11.5 Å². The highest BCUT2D eigenvalue weighted by molar-refractivity contribution is 7.33. The van der Waals surface area contributed by atoms with Gasteiger partial charge in [0.1, 0.15) is 22.7 Å². The number of ether oxygens (including phenoxy) is 1. The summed E-state index contributed by atoms with van der Waals surface area (Å²) < 4.78 is 16.6. The van der Waals surface area contributed by atoms with E-state index in [1.807, 2.05) is 17.4 Å². The van der Waals surface area contributed by atoms with Crippen LogP contribution < -0.4 is 35.4 Å². The Morgan fingerprint density at radius 1 is 0.545 bits per heavy atom. The van der Waals surface area contributed by atoms with E-state index in [1.165, 1.54) is 59.0 Å². The van der Waals surface area contributed by atoms with Gasteiger partial charge in [-0.1, -0.05) is 142 Å². The van der Waals surface area contributed by atoms with E-state index in [9.17, 15) is 0 Å². The SMILES string of the molecule is CC(C)(C)c1ccc(N(c2ccc(C(C)(C)C)cc2)c2ccc3c(c2)Oc2cc([Si](C)(C)C)cc4c2B3c2sc3ccc(C(C)(C)C)cc3c2N4c2ccc3c(c2)oc2ccccc23)cc1. The van der Waals surface area contributed by atoms with Gasteiger partial charge in [0.25, 0.3) is 6.71 Å². The normalized spacial score (nSPS) is 13.8. The van der Waals surface area contributed by atoms with E-state index >= 15 is 0 Å². The molecule has 7 heteroatoms. The van der Waals surface area contributed by atoms with Crippen molar-refractivity contribution in [1.29, 1.82) is 0 Å². The molecule has 0 unspecified atom stereocenters. The molecule has 9 aromatic rings. The Hall–Kier alpha value is -6.02. The van der Waals surface area contributed by atoms with Crippen LogP contribution in [0.3, 0.4) is 0 Å². The molecule has 0 saturated carbocycles. The van der Waals surface area contributed by atoms with Gasteiger partial charge in [0.15, 0.2) is 0 Å². The van der Waals surface area contributed by atoms with Gasteiger partial charge < -0.3 is 19.0 Å². The predicted octanol–water partition coefficient (Wildman–Crippen LogP) is 15.1. The van der Waals surface area contributed by atoms with E-state index in [4.69, 9.17) is 9.15 Å². The van der Waals surface area contributed by atoms with Gasteiger partial charge >= 0.3 is 0 Å². The Balaban J connectivity index is 1.14. The van der Waals surface area contributed by atoms with Crippen LogP contribution in [0.2, 0.25) is 19.6 Å². The fourth-order valence-electron chi connectivity index (χ4n) is 10.0. The number of thiophene rings is 1. The van der Waals surface area contributed by atoms with E-state index < -0.39 is 8.07 Å². The molecule has 2 aliphatic rings. The van der Waals surface area contributed by atoms with Gasteiger partial charge in [-0.05, 0) is 117 Å². The maximum absolute atomic E-state index is 7.35. The highest BCUT2D eigenvalue weighted by Gasteiger charge is 2.45. The van der Waals surface area contributed by atoms with Crippen molar-refractivity contribution in [3.8, 4) is 11.5 Å². The van der Waals surface area contributed by atoms with Crippen LogP contribution in [0.1, 0.15) is 79.0 Å². The Morgan fingerprint density at radius 2 is 1.15 bits per heavy atom. The topological polar surface area (TPSA) is 28.9 Å². The monoisotopic (exact) mass is 898 g/mol. The Labute approximate surface area is 395 Å². The lowest BCUT2D eigenvalue weighted by Gasteiger charge is -2.40. The van der Waals surface area contributed by atoms with E-state index in [0.717, 1.165) is 56.2 Å².